The number of nitrogens with zero attached hydrogens (tertiary/aromatic N) is 2. The zero-order chi connectivity index (χ0) is 8.81. The standard InChI is InChI=1S/C8H14N4/c1-2-7-10-5-3-8(12-7)11-6-4-9/h3,5H,2,4,6,9H2,1H3,(H,10,11,12). The number of hydrogen-bond acceptors (Lipinski definition) is 4. The fourth-order valence-corrected chi connectivity index (χ4v) is 0.868. The minimum absolute atomic E-state index is 0.617. The topological polar surface area (TPSA) is 63.8 Å². The van der Waals surface area contributed by atoms with E-state index < -0.39 is 0 Å². The second-order valence-electron chi connectivity index (χ2n) is 2.43. The number of rotatable bonds is 4. The maximum absolute atomic E-state index is 5.34. The van der Waals surface area contributed by atoms with E-state index in [4.69, 9.17) is 5.73 Å². The third-order valence-electron chi connectivity index (χ3n) is 1.47. The summed E-state index contributed by atoms with van der Waals surface area (Å²) in [6, 6.07) is 1.84. The van der Waals surface area contributed by atoms with Crippen LogP contribution in [0, 0.1) is 0 Å². The van der Waals surface area contributed by atoms with Gasteiger partial charge in [0.15, 0.2) is 0 Å². The average Bonchev–Trinajstić information content (AvgIpc) is 2.15. The Kier molecular flexibility index (Phi) is 3.47. The SMILES string of the molecule is CCc1nccc(NCCN)n1. The summed E-state index contributed by atoms with van der Waals surface area (Å²) in [5, 5.41) is 3.09. The molecular weight excluding hydrogens is 152 g/mol. The number of nitrogens with one attached hydrogen (secondary N) is 1. The Bertz CT molecular complexity index is 236. The van der Waals surface area contributed by atoms with Crippen LogP contribution >= 0.6 is 0 Å². The maximum Gasteiger partial charge on any atom is 0.130 e. The van der Waals surface area contributed by atoms with E-state index in [0.717, 1.165) is 24.6 Å². The van der Waals surface area contributed by atoms with Crippen molar-refractivity contribution < 1.29 is 0 Å². The van der Waals surface area contributed by atoms with Gasteiger partial charge in [-0.2, -0.15) is 0 Å². The van der Waals surface area contributed by atoms with E-state index in [1.165, 1.54) is 0 Å². The predicted molar refractivity (Wildman–Crippen MR) is 49.0 cm³/mol. The zero-order valence-electron chi connectivity index (χ0n) is 7.25. The molecule has 4 heteroatoms. The van der Waals surface area contributed by atoms with Crippen LogP contribution in [-0.4, -0.2) is 23.1 Å². The first-order valence-corrected chi connectivity index (χ1v) is 4.12. The second-order valence-corrected chi connectivity index (χ2v) is 2.43. The van der Waals surface area contributed by atoms with Crippen molar-refractivity contribution in [3.05, 3.63) is 18.1 Å². The Morgan fingerprint density at radius 1 is 1.58 bits per heavy atom. The fourth-order valence-electron chi connectivity index (χ4n) is 0.868. The Balaban J connectivity index is 2.60. The highest BCUT2D eigenvalue weighted by molar-refractivity contribution is 5.32. The van der Waals surface area contributed by atoms with Gasteiger partial charge < -0.3 is 11.1 Å². The van der Waals surface area contributed by atoms with Crippen LogP contribution in [0.2, 0.25) is 0 Å². The van der Waals surface area contributed by atoms with Crippen LogP contribution in [0.5, 0.6) is 0 Å². The lowest BCUT2D eigenvalue weighted by Gasteiger charge is -2.03. The largest absolute Gasteiger partial charge is 0.369 e. The van der Waals surface area contributed by atoms with Crippen LogP contribution in [0.3, 0.4) is 0 Å². The Labute approximate surface area is 72.2 Å². The van der Waals surface area contributed by atoms with E-state index in [1.54, 1.807) is 6.20 Å². The van der Waals surface area contributed by atoms with Gasteiger partial charge in [-0.3, -0.25) is 0 Å². The molecule has 12 heavy (non-hydrogen) atoms. The Morgan fingerprint density at radius 3 is 3.08 bits per heavy atom. The molecule has 0 fully saturated rings. The van der Waals surface area contributed by atoms with Crippen LogP contribution in [-0.2, 0) is 6.42 Å². The van der Waals surface area contributed by atoms with Crippen molar-refractivity contribution in [2.24, 2.45) is 5.73 Å². The van der Waals surface area contributed by atoms with Crippen molar-refractivity contribution in [2.75, 3.05) is 18.4 Å². The van der Waals surface area contributed by atoms with Gasteiger partial charge in [0.05, 0.1) is 0 Å². The van der Waals surface area contributed by atoms with E-state index in [0.29, 0.717) is 6.54 Å². The molecule has 3 N–H and O–H groups in total. The first kappa shape index (κ1) is 8.93. The van der Waals surface area contributed by atoms with Gasteiger partial charge in [0.2, 0.25) is 0 Å². The lowest BCUT2D eigenvalue weighted by atomic mass is 10.4. The van der Waals surface area contributed by atoms with Crippen molar-refractivity contribution in [1.82, 2.24) is 9.97 Å². The molecule has 0 amide bonds. The van der Waals surface area contributed by atoms with Crippen molar-refractivity contribution in [2.45, 2.75) is 13.3 Å². The van der Waals surface area contributed by atoms with Gasteiger partial charge in [-0.1, -0.05) is 6.92 Å². The molecule has 0 saturated carbocycles. The minimum atomic E-state index is 0.617. The molecule has 0 atom stereocenters. The highest BCUT2D eigenvalue weighted by Crippen LogP contribution is 2.00. The molecule has 1 aromatic heterocycles. The van der Waals surface area contributed by atoms with Crippen molar-refractivity contribution in [3.63, 3.8) is 0 Å². The van der Waals surface area contributed by atoms with E-state index in [1.807, 2.05) is 13.0 Å². The number of hydrogen-bond donors (Lipinski definition) is 2. The van der Waals surface area contributed by atoms with Crippen LogP contribution in [0.15, 0.2) is 12.3 Å². The summed E-state index contributed by atoms with van der Waals surface area (Å²) in [6.45, 7) is 3.40. The summed E-state index contributed by atoms with van der Waals surface area (Å²) in [5.41, 5.74) is 5.34. The highest BCUT2D eigenvalue weighted by atomic mass is 15.0. The third-order valence-corrected chi connectivity index (χ3v) is 1.47. The van der Waals surface area contributed by atoms with Gasteiger partial charge in [0, 0.05) is 25.7 Å². The third kappa shape index (κ3) is 2.47. The molecular formula is C8H14N4. The molecule has 0 aliphatic carbocycles. The van der Waals surface area contributed by atoms with Gasteiger partial charge >= 0.3 is 0 Å². The molecule has 1 rings (SSSR count). The molecule has 66 valence electrons. The number of aromatic nitrogens is 2. The van der Waals surface area contributed by atoms with E-state index in [2.05, 4.69) is 15.3 Å². The van der Waals surface area contributed by atoms with Crippen molar-refractivity contribution >= 4 is 5.82 Å². The summed E-state index contributed by atoms with van der Waals surface area (Å²) in [6.07, 6.45) is 2.61. The normalized spacial score (nSPS) is 9.83. The van der Waals surface area contributed by atoms with E-state index in [-0.39, 0.29) is 0 Å². The minimum Gasteiger partial charge on any atom is -0.369 e. The highest BCUT2D eigenvalue weighted by Gasteiger charge is 1.94. The average molecular weight is 166 g/mol. The fraction of sp³-hybridized carbons (Fsp3) is 0.500. The van der Waals surface area contributed by atoms with E-state index in [9.17, 15) is 0 Å². The van der Waals surface area contributed by atoms with Gasteiger partial charge in [-0.25, -0.2) is 9.97 Å². The number of nitrogens with two attached hydrogens (primary N) is 1. The van der Waals surface area contributed by atoms with Crippen LogP contribution < -0.4 is 11.1 Å². The lowest BCUT2D eigenvalue weighted by molar-refractivity contribution is 0.926. The first-order valence-electron chi connectivity index (χ1n) is 4.12. The summed E-state index contributed by atoms with van der Waals surface area (Å²) in [7, 11) is 0. The molecule has 1 aromatic rings. The molecule has 0 bridgehead atoms. The van der Waals surface area contributed by atoms with Crippen LogP contribution in [0.1, 0.15) is 12.7 Å². The van der Waals surface area contributed by atoms with Gasteiger partial charge in [-0.15, -0.1) is 0 Å². The molecule has 0 radical (unpaired) electrons. The molecule has 0 aliphatic rings. The summed E-state index contributed by atoms with van der Waals surface area (Å²) < 4.78 is 0. The molecule has 0 saturated heterocycles. The lowest BCUT2D eigenvalue weighted by Crippen LogP contribution is -2.14. The summed E-state index contributed by atoms with van der Waals surface area (Å²) in [4.78, 5) is 8.33. The molecule has 0 aromatic carbocycles. The molecule has 0 spiro atoms. The number of anilines is 1. The maximum atomic E-state index is 5.34. The van der Waals surface area contributed by atoms with Gasteiger partial charge in [-0.05, 0) is 6.07 Å². The van der Waals surface area contributed by atoms with E-state index >= 15 is 0 Å². The second kappa shape index (κ2) is 4.66. The Hall–Kier alpha value is -1.16. The summed E-state index contributed by atoms with van der Waals surface area (Å²) >= 11 is 0. The smallest absolute Gasteiger partial charge is 0.130 e. The quantitative estimate of drug-likeness (QED) is 0.680. The van der Waals surface area contributed by atoms with Gasteiger partial charge in [0.25, 0.3) is 0 Å². The monoisotopic (exact) mass is 166 g/mol. The van der Waals surface area contributed by atoms with Crippen LogP contribution in [0.25, 0.3) is 0 Å². The molecule has 1 heterocycles. The summed E-state index contributed by atoms with van der Waals surface area (Å²) in [5.74, 6) is 1.71. The van der Waals surface area contributed by atoms with Gasteiger partial charge in [0.1, 0.15) is 11.6 Å². The molecule has 4 nitrogen and oxygen atoms in total. The molecule has 0 unspecified atom stereocenters. The predicted octanol–water partition coefficient (Wildman–Crippen LogP) is 0.410. The van der Waals surface area contributed by atoms with Crippen LogP contribution in [0.4, 0.5) is 5.82 Å². The first-order chi connectivity index (χ1) is 5.86. The van der Waals surface area contributed by atoms with Crippen molar-refractivity contribution in [3.8, 4) is 0 Å². The molecule has 0 aliphatic heterocycles. The Morgan fingerprint density at radius 2 is 2.42 bits per heavy atom. The van der Waals surface area contributed by atoms with Crippen molar-refractivity contribution in [1.29, 1.82) is 0 Å². The number of aryl methyl sites for hydroxylation is 1. The zero-order valence-corrected chi connectivity index (χ0v) is 7.25.